The lowest BCUT2D eigenvalue weighted by Crippen LogP contribution is -2.35. The summed E-state index contributed by atoms with van der Waals surface area (Å²) < 4.78 is 1.82. The van der Waals surface area contributed by atoms with Crippen LogP contribution in [0.4, 0.5) is 0 Å². The van der Waals surface area contributed by atoms with Crippen LogP contribution in [0.15, 0.2) is 23.8 Å². The van der Waals surface area contributed by atoms with Gasteiger partial charge in [-0.25, -0.2) is 0 Å². The molecule has 0 spiro atoms. The molecule has 0 aromatic carbocycles. The van der Waals surface area contributed by atoms with Crippen molar-refractivity contribution in [2.24, 2.45) is 12.8 Å². The zero-order valence-electron chi connectivity index (χ0n) is 10.0. The highest BCUT2D eigenvalue weighted by Gasteiger charge is 2.16. The van der Waals surface area contributed by atoms with E-state index in [1.54, 1.807) is 6.33 Å². The molecule has 0 aliphatic heterocycles. The Hall–Kier alpha value is -1.73. The lowest BCUT2D eigenvalue weighted by Gasteiger charge is -2.10. The normalized spacial score (nSPS) is 12.3. The highest BCUT2D eigenvalue weighted by atomic mass is 32.1. The maximum Gasteiger partial charge on any atom is 0.242 e. The van der Waals surface area contributed by atoms with Gasteiger partial charge in [-0.3, -0.25) is 4.79 Å². The molecule has 0 aliphatic rings. The van der Waals surface area contributed by atoms with Crippen molar-refractivity contribution in [2.75, 3.05) is 6.54 Å². The Kier molecular flexibility index (Phi) is 4.06. The van der Waals surface area contributed by atoms with Crippen LogP contribution in [0.1, 0.15) is 16.7 Å². The van der Waals surface area contributed by atoms with Crippen LogP contribution in [0.25, 0.3) is 0 Å². The average Bonchev–Trinajstić information content (AvgIpc) is 3.00. The van der Waals surface area contributed by atoms with Crippen molar-refractivity contribution in [3.63, 3.8) is 0 Å². The van der Waals surface area contributed by atoms with Gasteiger partial charge in [0.25, 0.3) is 0 Å². The molecule has 0 radical (unpaired) electrons. The maximum absolute atomic E-state index is 11.8. The Morgan fingerprint density at radius 3 is 3.11 bits per heavy atom. The van der Waals surface area contributed by atoms with E-state index >= 15 is 0 Å². The molecule has 2 rings (SSSR count). The molecule has 1 unspecified atom stereocenters. The molecule has 18 heavy (non-hydrogen) atoms. The summed E-state index contributed by atoms with van der Waals surface area (Å²) in [7, 11) is 1.87. The largest absolute Gasteiger partial charge is 0.354 e. The molecule has 7 heteroatoms. The van der Waals surface area contributed by atoms with Crippen LogP contribution < -0.4 is 11.1 Å². The summed E-state index contributed by atoms with van der Waals surface area (Å²) in [6.07, 6.45) is 2.27. The number of nitrogens with zero attached hydrogens (tertiary/aromatic N) is 3. The minimum Gasteiger partial charge on any atom is -0.354 e. The van der Waals surface area contributed by atoms with Gasteiger partial charge >= 0.3 is 0 Å². The first-order valence-electron chi connectivity index (χ1n) is 5.58. The lowest BCUT2D eigenvalue weighted by atomic mass is 10.2. The molecule has 6 nitrogen and oxygen atoms in total. The fraction of sp³-hybridized carbons (Fsp3) is 0.364. The van der Waals surface area contributed by atoms with Crippen molar-refractivity contribution in [3.05, 3.63) is 34.5 Å². The molecule has 96 valence electrons. The first-order chi connectivity index (χ1) is 8.68. The number of aryl methyl sites for hydroxylation is 1. The maximum atomic E-state index is 11.8. The fourth-order valence-electron chi connectivity index (χ4n) is 1.54. The van der Waals surface area contributed by atoms with E-state index < -0.39 is 6.04 Å². The first kappa shape index (κ1) is 12.7. The van der Waals surface area contributed by atoms with Gasteiger partial charge in [0.15, 0.2) is 0 Å². The van der Waals surface area contributed by atoms with Crippen LogP contribution in [-0.4, -0.2) is 27.2 Å². The van der Waals surface area contributed by atoms with E-state index in [9.17, 15) is 4.79 Å². The summed E-state index contributed by atoms with van der Waals surface area (Å²) in [4.78, 5) is 12.6. The van der Waals surface area contributed by atoms with Gasteiger partial charge in [0.05, 0.1) is 0 Å². The van der Waals surface area contributed by atoms with Crippen molar-refractivity contribution in [3.8, 4) is 0 Å². The third-order valence-corrected chi connectivity index (χ3v) is 3.54. The lowest BCUT2D eigenvalue weighted by molar-refractivity contribution is -0.122. The van der Waals surface area contributed by atoms with E-state index in [0.29, 0.717) is 13.0 Å². The van der Waals surface area contributed by atoms with Crippen LogP contribution in [0.5, 0.6) is 0 Å². The smallest absolute Gasteiger partial charge is 0.242 e. The van der Waals surface area contributed by atoms with E-state index in [1.807, 2.05) is 29.1 Å². The molecular weight excluding hydrogens is 250 g/mol. The van der Waals surface area contributed by atoms with Gasteiger partial charge in [0.1, 0.15) is 18.2 Å². The van der Waals surface area contributed by atoms with Gasteiger partial charge in [-0.2, -0.15) is 0 Å². The standard InChI is InChI=1S/C11H15N5OS/c1-16-7-14-15-9(16)4-5-13-11(17)10(12)8-3-2-6-18-8/h2-3,6-7,10H,4-5,12H2,1H3,(H,13,17). The third kappa shape index (κ3) is 2.93. The summed E-state index contributed by atoms with van der Waals surface area (Å²) in [5.74, 6) is 0.666. The Morgan fingerprint density at radius 2 is 2.50 bits per heavy atom. The number of nitrogens with one attached hydrogen (secondary N) is 1. The van der Waals surface area contributed by atoms with Crippen molar-refractivity contribution in [1.82, 2.24) is 20.1 Å². The van der Waals surface area contributed by atoms with Crippen molar-refractivity contribution in [2.45, 2.75) is 12.5 Å². The first-order valence-corrected chi connectivity index (χ1v) is 6.46. The Labute approximate surface area is 109 Å². The van der Waals surface area contributed by atoms with Crippen LogP contribution >= 0.6 is 11.3 Å². The molecule has 2 aromatic heterocycles. The summed E-state index contributed by atoms with van der Waals surface area (Å²) >= 11 is 1.48. The van der Waals surface area contributed by atoms with Crippen LogP contribution in [0, 0.1) is 0 Å². The SMILES string of the molecule is Cn1cnnc1CCNC(=O)C(N)c1cccs1. The molecule has 0 fully saturated rings. The van der Waals surface area contributed by atoms with Crippen molar-refractivity contribution >= 4 is 17.2 Å². The van der Waals surface area contributed by atoms with Crippen molar-refractivity contribution < 1.29 is 4.79 Å². The second-order valence-electron chi connectivity index (χ2n) is 3.89. The molecule has 0 saturated heterocycles. The van der Waals surface area contributed by atoms with Crippen LogP contribution in [-0.2, 0) is 18.3 Å². The molecule has 1 atom stereocenters. The van der Waals surface area contributed by atoms with Gasteiger partial charge in [-0.05, 0) is 11.4 Å². The number of hydrogen-bond acceptors (Lipinski definition) is 5. The zero-order chi connectivity index (χ0) is 13.0. The predicted molar refractivity (Wildman–Crippen MR) is 69.0 cm³/mol. The second-order valence-corrected chi connectivity index (χ2v) is 4.87. The summed E-state index contributed by atoms with van der Waals surface area (Å²) in [5.41, 5.74) is 5.84. The Balaban J connectivity index is 1.80. The summed E-state index contributed by atoms with van der Waals surface area (Å²) in [5, 5.41) is 12.4. The number of nitrogens with two attached hydrogens (primary N) is 1. The Bertz CT molecular complexity index is 507. The van der Waals surface area contributed by atoms with Gasteiger partial charge < -0.3 is 15.6 Å². The molecule has 2 heterocycles. The van der Waals surface area contributed by atoms with Gasteiger partial charge in [-0.1, -0.05) is 6.07 Å². The fourth-order valence-corrected chi connectivity index (χ4v) is 2.26. The molecule has 1 amide bonds. The molecule has 0 bridgehead atoms. The quantitative estimate of drug-likeness (QED) is 0.810. The van der Waals surface area contributed by atoms with Crippen LogP contribution in [0.3, 0.4) is 0 Å². The number of carbonyl (C=O) groups is 1. The Morgan fingerprint density at radius 1 is 1.67 bits per heavy atom. The van der Waals surface area contributed by atoms with E-state index in [4.69, 9.17) is 5.73 Å². The number of thiophene rings is 1. The molecule has 0 saturated carbocycles. The topological polar surface area (TPSA) is 85.8 Å². The molecule has 0 aliphatic carbocycles. The minimum absolute atomic E-state index is 0.167. The van der Waals surface area contributed by atoms with E-state index in [0.717, 1.165) is 10.7 Å². The average molecular weight is 265 g/mol. The number of rotatable bonds is 5. The number of hydrogen-bond donors (Lipinski definition) is 2. The zero-order valence-corrected chi connectivity index (χ0v) is 10.9. The molecule has 3 N–H and O–H groups in total. The number of aromatic nitrogens is 3. The van der Waals surface area contributed by atoms with Crippen molar-refractivity contribution in [1.29, 1.82) is 0 Å². The monoisotopic (exact) mass is 265 g/mol. The van der Waals surface area contributed by atoms with Gasteiger partial charge in [0.2, 0.25) is 5.91 Å². The highest BCUT2D eigenvalue weighted by molar-refractivity contribution is 7.10. The third-order valence-electron chi connectivity index (χ3n) is 2.59. The number of carbonyl (C=O) groups excluding carboxylic acids is 1. The molecular formula is C11H15N5OS. The van der Waals surface area contributed by atoms with Crippen LogP contribution in [0.2, 0.25) is 0 Å². The minimum atomic E-state index is -0.593. The van der Waals surface area contributed by atoms with E-state index in [-0.39, 0.29) is 5.91 Å². The second kappa shape index (κ2) is 5.74. The summed E-state index contributed by atoms with van der Waals surface area (Å²) in [6.45, 7) is 0.504. The van der Waals surface area contributed by atoms with Gasteiger partial charge in [-0.15, -0.1) is 21.5 Å². The summed E-state index contributed by atoms with van der Waals surface area (Å²) in [6, 6.07) is 3.15. The van der Waals surface area contributed by atoms with E-state index in [2.05, 4.69) is 15.5 Å². The predicted octanol–water partition coefficient (Wildman–Crippen LogP) is 0.235. The highest BCUT2D eigenvalue weighted by Crippen LogP contribution is 2.16. The number of amides is 1. The molecule has 2 aromatic rings. The van der Waals surface area contributed by atoms with E-state index in [1.165, 1.54) is 11.3 Å². The van der Waals surface area contributed by atoms with Gasteiger partial charge in [0, 0.05) is 24.9 Å².